The summed E-state index contributed by atoms with van der Waals surface area (Å²) in [6.45, 7) is 0. The molecule has 0 aromatic heterocycles. The first-order valence-corrected chi connectivity index (χ1v) is 6.65. The predicted molar refractivity (Wildman–Crippen MR) is 79.1 cm³/mol. The van der Waals surface area contributed by atoms with Crippen molar-refractivity contribution in [2.75, 3.05) is 5.32 Å². The van der Waals surface area contributed by atoms with Gasteiger partial charge in [-0.15, -0.1) is 0 Å². The molecule has 2 aromatic carbocycles. The summed E-state index contributed by atoms with van der Waals surface area (Å²) in [6, 6.07) is 12.7. The van der Waals surface area contributed by atoms with E-state index in [2.05, 4.69) is 5.32 Å². The Morgan fingerprint density at radius 1 is 1.21 bits per heavy atom. The van der Waals surface area contributed by atoms with Crippen molar-refractivity contribution >= 4 is 34.2 Å². The number of aliphatic hydroxyl groups is 1. The van der Waals surface area contributed by atoms with Crippen LogP contribution in [-0.4, -0.2) is 11.0 Å². The highest BCUT2D eigenvalue weighted by Gasteiger charge is 2.17. The molecular weight excluding hydrogens is 360 g/mol. The number of carbonyl (C=O) groups is 1. The van der Waals surface area contributed by atoms with Crippen molar-refractivity contribution in [3.8, 4) is 0 Å². The van der Waals surface area contributed by atoms with E-state index in [-0.39, 0.29) is 5.82 Å². The Morgan fingerprint density at radius 2 is 1.89 bits per heavy atom. The molecule has 0 saturated carbocycles. The molecule has 3 nitrogen and oxygen atoms in total. The number of hydrogen-bond acceptors (Lipinski definition) is 2. The van der Waals surface area contributed by atoms with Crippen LogP contribution in [0.3, 0.4) is 0 Å². The Kier molecular flexibility index (Phi) is 4.49. The van der Waals surface area contributed by atoms with E-state index >= 15 is 0 Å². The van der Waals surface area contributed by atoms with Crippen LogP contribution in [0.1, 0.15) is 11.7 Å². The van der Waals surface area contributed by atoms with Crippen molar-refractivity contribution in [2.24, 2.45) is 0 Å². The molecular formula is C14H11FINO2. The second-order valence-electron chi connectivity index (χ2n) is 3.93. The monoisotopic (exact) mass is 371 g/mol. The maximum absolute atomic E-state index is 12.9. The van der Waals surface area contributed by atoms with Gasteiger partial charge >= 0.3 is 0 Å². The zero-order valence-electron chi connectivity index (χ0n) is 9.81. The van der Waals surface area contributed by atoms with Crippen LogP contribution in [0.5, 0.6) is 0 Å². The third kappa shape index (κ3) is 3.51. The summed E-state index contributed by atoms with van der Waals surface area (Å²) >= 11 is 1.92. The second-order valence-corrected chi connectivity index (χ2v) is 5.09. The summed E-state index contributed by atoms with van der Waals surface area (Å²) in [7, 11) is 0. The standard InChI is InChI=1S/C14H11FINO2/c15-10-6-7-12(11(16)8-10)17-14(19)13(18)9-4-2-1-3-5-9/h1-8,13,18H,(H,17,19). The SMILES string of the molecule is O=C(Nc1ccc(F)cc1I)C(O)c1ccccc1. The van der Waals surface area contributed by atoms with Gasteiger partial charge in [0.05, 0.1) is 5.69 Å². The zero-order chi connectivity index (χ0) is 13.8. The van der Waals surface area contributed by atoms with Crippen molar-refractivity contribution in [3.05, 3.63) is 63.5 Å². The summed E-state index contributed by atoms with van der Waals surface area (Å²) in [5, 5.41) is 12.5. The van der Waals surface area contributed by atoms with Gasteiger partial charge in [0.15, 0.2) is 6.10 Å². The molecule has 0 aliphatic heterocycles. The van der Waals surface area contributed by atoms with Crippen LogP contribution in [-0.2, 0) is 4.79 Å². The van der Waals surface area contributed by atoms with E-state index in [0.717, 1.165) is 0 Å². The first kappa shape index (κ1) is 14.0. The fraction of sp³-hybridized carbons (Fsp3) is 0.0714. The average Bonchev–Trinajstić information content (AvgIpc) is 2.42. The van der Waals surface area contributed by atoms with Crippen LogP contribution in [0.2, 0.25) is 0 Å². The molecule has 0 heterocycles. The number of hydrogen-bond donors (Lipinski definition) is 2. The normalized spacial score (nSPS) is 11.9. The lowest BCUT2D eigenvalue weighted by Gasteiger charge is -2.12. The highest BCUT2D eigenvalue weighted by atomic mass is 127. The molecule has 19 heavy (non-hydrogen) atoms. The fourth-order valence-corrected chi connectivity index (χ4v) is 2.19. The Labute approximate surface area is 123 Å². The lowest BCUT2D eigenvalue weighted by atomic mass is 10.1. The first-order valence-electron chi connectivity index (χ1n) is 5.57. The number of aliphatic hydroxyl groups excluding tert-OH is 1. The lowest BCUT2D eigenvalue weighted by Crippen LogP contribution is -2.21. The predicted octanol–water partition coefficient (Wildman–Crippen LogP) is 3.10. The summed E-state index contributed by atoms with van der Waals surface area (Å²) in [5.41, 5.74) is 0.985. The van der Waals surface area contributed by atoms with Gasteiger partial charge in [-0.3, -0.25) is 4.79 Å². The third-order valence-electron chi connectivity index (χ3n) is 2.55. The van der Waals surface area contributed by atoms with Crippen LogP contribution >= 0.6 is 22.6 Å². The molecule has 0 saturated heterocycles. The number of anilines is 1. The van der Waals surface area contributed by atoms with E-state index in [9.17, 15) is 14.3 Å². The van der Waals surface area contributed by atoms with Crippen molar-refractivity contribution in [1.29, 1.82) is 0 Å². The molecule has 0 aliphatic rings. The van der Waals surface area contributed by atoms with Crippen LogP contribution in [0.4, 0.5) is 10.1 Å². The Morgan fingerprint density at radius 3 is 2.53 bits per heavy atom. The summed E-state index contributed by atoms with van der Waals surface area (Å²) in [4.78, 5) is 11.9. The fourth-order valence-electron chi connectivity index (χ4n) is 1.58. The number of rotatable bonds is 3. The van der Waals surface area contributed by atoms with E-state index in [4.69, 9.17) is 0 Å². The van der Waals surface area contributed by atoms with Crippen molar-refractivity contribution in [3.63, 3.8) is 0 Å². The maximum Gasteiger partial charge on any atom is 0.257 e. The molecule has 0 spiro atoms. The minimum atomic E-state index is -1.25. The Hall–Kier alpha value is -1.47. The number of amides is 1. The summed E-state index contributed by atoms with van der Waals surface area (Å²) < 4.78 is 13.5. The van der Waals surface area contributed by atoms with Gasteiger partial charge in [0.25, 0.3) is 5.91 Å². The Balaban J connectivity index is 2.13. The van der Waals surface area contributed by atoms with Gasteiger partial charge in [0.1, 0.15) is 5.82 Å². The van der Waals surface area contributed by atoms with Crippen LogP contribution in [0.15, 0.2) is 48.5 Å². The van der Waals surface area contributed by atoms with Gasteiger partial charge in [-0.1, -0.05) is 30.3 Å². The highest BCUT2D eigenvalue weighted by Crippen LogP contribution is 2.21. The summed E-state index contributed by atoms with van der Waals surface area (Å²) in [5.74, 6) is -0.915. The molecule has 0 bridgehead atoms. The topological polar surface area (TPSA) is 49.3 Å². The van der Waals surface area contributed by atoms with E-state index < -0.39 is 12.0 Å². The second kappa shape index (κ2) is 6.12. The van der Waals surface area contributed by atoms with E-state index in [0.29, 0.717) is 14.8 Å². The van der Waals surface area contributed by atoms with Crippen molar-refractivity contribution < 1.29 is 14.3 Å². The summed E-state index contributed by atoms with van der Waals surface area (Å²) in [6.07, 6.45) is -1.25. The quantitative estimate of drug-likeness (QED) is 0.815. The lowest BCUT2D eigenvalue weighted by molar-refractivity contribution is -0.124. The van der Waals surface area contributed by atoms with Crippen LogP contribution < -0.4 is 5.32 Å². The third-order valence-corrected chi connectivity index (χ3v) is 3.45. The number of halogens is 2. The maximum atomic E-state index is 12.9. The molecule has 2 aromatic rings. The van der Waals surface area contributed by atoms with Gasteiger partial charge in [-0.05, 0) is 46.4 Å². The molecule has 1 amide bonds. The van der Waals surface area contributed by atoms with Gasteiger partial charge in [0, 0.05) is 3.57 Å². The van der Waals surface area contributed by atoms with Gasteiger partial charge in [0.2, 0.25) is 0 Å². The molecule has 0 fully saturated rings. The van der Waals surface area contributed by atoms with Gasteiger partial charge in [-0.25, -0.2) is 4.39 Å². The Bertz CT molecular complexity index is 589. The molecule has 0 radical (unpaired) electrons. The highest BCUT2D eigenvalue weighted by molar-refractivity contribution is 14.1. The average molecular weight is 371 g/mol. The number of carbonyl (C=O) groups excluding carboxylic acids is 1. The number of nitrogens with one attached hydrogen (secondary N) is 1. The van der Waals surface area contributed by atoms with E-state index in [1.807, 2.05) is 22.6 Å². The molecule has 1 unspecified atom stereocenters. The van der Waals surface area contributed by atoms with E-state index in [1.54, 1.807) is 30.3 Å². The van der Waals surface area contributed by atoms with Crippen LogP contribution in [0.25, 0.3) is 0 Å². The molecule has 5 heteroatoms. The molecule has 98 valence electrons. The smallest absolute Gasteiger partial charge is 0.257 e. The molecule has 2 N–H and O–H groups in total. The zero-order valence-corrected chi connectivity index (χ0v) is 12.0. The largest absolute Gasteiger partial charge is 0.378 e. The minimum Gasteiger partial charge on any atom is -0.378 e. The minimum absolute atomic E-state index is 0.369. The van der Waals surface area contributed by atoms with Gasteiger partial charge < -0.3 is 10.4 Å². The molecule has 0 aliphatic carbocycles. The first-order chi connectivity index (χ1) is 9.08. The van der Waals surface area contributed by atoms with Crippen molar-refractivity contribution in [1.82, 2.24) is 0 Å². The molecule has 1 atom stereocenters. The molecule has 2 rings (SSSR count). The van der Waals surface area contributed by atoms with Gasteiger partial charge in [-0.2, -0.15) is 0 Å². The number of benzene rings is 2. The van der Waals surface area contributed by atoms with E-state index in [1.165, 1.54) is 18.2 Å². The van der Waals surface area contributed by atoms with Crippen LogP contribution in [0, 0.1) is 9.39 Å². The van der Waals surface area contributed by atoms with Crippen molar-refractivity contribution in [2.45, 2.75) is 6.10 Å².